The highest BCUT2D eigenvalue weighted by Crippen LogP contribution is 2.19. The molecular formula is C18H25N5O2. The van der Waals surface area contributed by atoms with Gasteiger partial charge in [0.25, 0.3) is 5.91 Å². The van der Waals surface area contributed by atoms with E-state index in [-0.39, 0.29) is 24.2 Å². The van der Waals surface area contributed by atoms with Crippen LogP contribution >= 0.6 is 0 Å². The molecule has 0 aliphatic carbocycles. The van der Waals surface area contributed by atoms with E-state index in [2.05, 4.69) is 27.0 Å². The molecule has 1 aliphatic heterocycles. The Morgan fingerprint density at radius 1 is 1.32 bits per heavy atom. The Labute approximate surface area is 147 Å². The Balaban J connectivity index is 1.70. The molecule has 1 aromatic carbocycles. The predicted molar refractivity (Wildman–Crippen MR) is 94.4 cm³/mol. The maximum absolute atomic E-state index is 12.5. The Kier molecular flexibility index (Phi) is 5.45. The highest BCUT2D eigenvalue weighted by Gasteiger charge is 2.21. The third-order valence-corrected chi connectivity index (χ3v) is 4.56. The number of aromatic nitrogens is 3. The van der Waals surface area contributed by atoms with Crippen molar-refractivity contribution in [2.45, 2.75) is 38.8 Å². The molecule has 7 nitrogen and oxygen atoms in total. The lowest BCUT2D eigenvalue weighted by molar-refractivity contribution is 0.0911. The van der Waals surface area contributed by atoms with Gasteiger partial charge in [0.05, 0.1) is 24.9 Å². The molecule has 1 fully saturated rings. The first kappa shape index (κ1) is 17.6. The van der Waals surface area contributed by atoms with E-state index in [4.69, 9.17) is 0 Å². The van der Waals surface area contributed by atoms with Crippen molar-refractivity contribution in [3.63, 3.8) is 0 Å². The average molecular weight is 343 g/mol. The average Bonchev–Trinajstić information content (AvgIpc) is 3.09. The van der Waals surface area contributed by atoms with Crippen LogP contribution in [0.3, 0.4) is 0 Å². The van der Waals surface area contributed by atoms with Gasteiger partial charge >= 0.3 is 0 Å². The number of rotatable bonds is 5. The first-order chi connectivity index (χ1) is 12.1. The SMILES string of the molecule is Cc1cc(C)cc(C(CO)NC(=O)c2cn(C3CCNCC3)nn2)c1. The molecule has 7 heteroatoms. The van der Waals surface area contributed by atoms with E-state index < -0.39 is 6.04 Å². The smallest absolute Gasteiger partial charge is 0.274 e. The Morgan fingerprint density at radius 2 is 2.00 bits per heavy atom. The summed E-state index contributed by atoms with van der Waals surface area (Å²) >= 11 is 0. The second-order valence-electron chi connectivity index (χ2n) is 6.69. The molecule has 0 radical (unpaired) electrons. The summed E-state index contributed by atoms with van der Waals surface area (Å²) in [6.45, 7) is 5.72. The van der Waals surface area contributed by atoms with Crippen molar-refractivity contribution >= 4 is 5.91 Å². The number of amides is 1. The quantitative estimate of drug-likeness (QED) is 0.761. The Bertz CT molecular complexity index is 717. The monoisotopic (exact) mass is 343 g/mol. The van der Waals surface area contributed by atoms with Gasteiger partial charge in [-0.3, -0.25) is 4.79 Å². The minimum Gasteiger partial charge on any atom is -0.394 e. The second kappa shape index (κ2) is 7.76. The molecule has 0 spiro atoms. The topological polar surface area (TPSA) is 92.1 Å². The molecule has 1 atom stereocenters. The number of hydrogen-bond donors (Lipinski definition) is 3. The van der Waals surface area contributed by atoms with Crippen LogP contribution in [0, 0.1) is 13.8 Å². The zero-order valence-electron chi connectivity index (χ0n) is 14.7. The van der Waals surface area contributed by atoms with Crippen LogP contribution in [0.2, 0.25) is 0 Å². The van der Waals surface area contributed by atoms with Crippen molar-refractivity contribution in [2.24, 2.45) is 0 Å². The standard InChI is InChI=1S/C18H25N5O2/c1-12-7-13(2)9-14(8-12)17(11-24)20-18(25)16-10-23(22-21-16)15-3-5-19-6-4-15/h7-10,15,17,19,24H,3-6,11H2,1-2H3,(H,20,25). The van der Waals surface area contributed by atoms with E-state index in [1.54, 1.807) is 10.9 Å². The minimum atomic E-state index is -0.463. The molecule has 1 amide bonds. The van der Waals surface area contributed by atoms with Crippen LogP contribution in [-0.2, 0) is 0 Å². The van der Waals surface area contributed by atoms with E-state index in [0.717, 1.165) is 42.6 Å². The molecule has 1 saturated heterocycles. The molecule has 1 aromatic heterocycles. The number of carbonyl (C=O) groups excluding carboxylic acids is 1. The second-order valence-corrected chi connectivity index (χ2v) is 6.69. The van der Waals surface area contributed by atoms with Crippen molar-refractivity contribution in [2.75, 3.05) is 19.7 Å². The van der Waals surface area contributed by atoms with Gasteiger partial charge in [-0.25, -0.2) is 4.68 Å². The lowest BCUT2D eigenvalue weighted by Gasteiger charge is -2.22. The van der Waals surface area contributed by atoms with E-state index >= 15 is 0 Å². The van der Waals surface area contributed by atoms with Gasteiger partial charge in [-0.15, -0.1) is 5.10 Å². The van der Waals surface area contributed by atoms with Gasteiger partial charge in [0, 0.05) is 0 Å². The normalized spacial score (nSPS) is 16.6. The number of piperidine rings is 1. The van der Waals surface area contributed by atoms with Gasteiger partial charge in [0.15, 0.2) is 5.69 Å². The molecule has 3 rings (SSSR count). The molecule has 0 bridgehead atoms. The number of aliphatic hydroxyl groups excluding tert-OH is 1. The van der Waals surface area contributed by atoms with E-state index in [9.17, 15) is 9.90 Å². The molecule has 1 unspecified atom stereocenters. The summed E-state index contributed by atoms with van der Waals surface area (Å²) in [5, 5.41) is 24.0. The molecule has 2 heterocycles. The van der Waals surface area contributed by atoms with Crippen molar-refractivity contribution in [3.8, 4) is 0 Å². The van der Waals surface area contributed by atoms with Crippen LogP contribution in [0.15, 0.2) is 24.4 Å². The van der Waals surface area contributed by atoms with Crippen molar-refractivity contribution in [3.05, 3.63) is 46.8 Å². The number of aliphatic hydroxyl groups is 1. The zero-order valence-corrected chi connectivity index (χ0v) is 14.7. The molecule has 3 N–H and O–H groups in total. The van der Waals surface area contributed by atoms with Gasteiger partial charge < -0.3 is 15.7 Å². The summed E-state index contributed by atoms with van der Waals surface area (Å²) in [5.41, 5.74) is 3.36. The Morgan fingerprint density at radius 3 is 2.64 bits per heavy atom. The first-order valence-corrected chi connectivity index (χ1v) is 8.69. The fraction of sp³-hybridized carbons (Fsp3) is 0.500. The minimum absolute atomic E-state index is 0.170. The number of hydrogen-bond acceptors (Lipinski definition) is 5. The number of nitrogens with zero attached hydrogens (tertiary/aromatic N) is 3. The first-order valence-electron chi connectivity index (χ1n) is 8.69. The lowest BCUT2D eigenvalue weighted by Crippen LogP contribution is -2.31. The molecule has 134 valence electrons. The summed E-state index contributed by atoms with van der Waals surface area (Å²) in [7, 11) is 0. The van der Waals surface area contributed by atoms with Crippen LogP contribution in [0.5, 0.6) is 0 Å². The van der Waals surface area contributed by atoms with Gasteiger partial charge in [0.1, 0.15) is 0 Å². The van der Waals surface area contributed by atoms with Gasteiger partial charge in [-0.05, 0) is 45.3 Å². The number of aryl methyl sites for hydroxylation is 2. The van der Waals surface area contributed by atoms with Crippen LogP contribution in [0.25, 0.3) is 0 Å². The fourth-order valence-electron chi connectivity index (χ4n) is 3.31. The maximum atomic E-state index is 12.5. The number of benzene rings is 1. The molecule has 2 aromatic rings. The van der Waals surface area contributed by atoms with E-state index in [1.165, 1.54) is 0 Å². The Hall–Kier alpha value is -2.25. The van der Waals surface area contributed by atoms with Crippen molar-refractivity contribution < 1.29 is 9.90 Å². The summed E-state index contributed by atoms with van der Waals surface area (Å²) in [5.74, 6) is -0.321. The maximum Gasteiger partial charge on any atom is 0.274 e. The summed E-state index contributed by atoms with van der Waals surface area (Å²) in [6.07, 6.45) is 3.65. The predicted octanol–water partition coefficient (Wildman–Crippen LogP) is 1.28. The molecular weight excluding hydrogens is 318 g/mol. The lowest BCUT2D eigenvalue weighted by atomic mass is 10.0. The summed E-state index contributed by atoms with van der Waals surface area (Å²) in [4.78, 5) is 12.5. The van der Waals surface area contributed by atoms with Gasteiger partial charge in [0.2, 0.25) is 0 Å². The highest BCUT2D eigenvalue weighted by molar-refractivity contribution is 5.92. The number of carbonyl (C=O) groups is 1. The third-order valence-electron chi connectivity index (χ3n) is 4.56. The summed E-state index contributed by atoms with van der Waals surface area (Å²) in [6, 6.07) is 5.82. The molecule has 25 heavy (non-hydrogen) atoms. The van der Waals surface area contributed by atoms with Crippen LogP contribution < -0.4 is 10.6 Å². The van der Waals surface area contributed by atoms with Crippen LogP contribution in [-0.4, -0.2) is 45.7 Å². The third kappa shape index (κ3) is 4.24. The van der Waals surface area contributed by atoms with Crippen molar-refractivity contribution in [1.29, 1.82) is 0 Å². The highest BCUT2D eigenvalue weighted by atomic mass is 16.3. The zero-order chi connectivity index (χ0) is 17.8. The molecule has 1 aliphatic rings. The van der Waals surface area contributed by atoms with Crippen LogP contribution in [0.4, 0.5) is 0 Å². The summed E-state index contributed by atoms with van der Waals surface area (Å²) < 4.78 is 1.78. The van der Waals surface area contributed by atoms with Gasteiger partial charge in [-0.2, -0.15) is 0 Å². The largest absolute Gasteiger partial charge is 0.394 e. The number of nitrogens with one attached hydrogen (secondary N) is 2. The van der Waals surface area contributed by atoms with Gasteiger partial charge in [-0.1, -0.05) is 34.5 Å². The van der Waals surface area contributed by atoms with E-state index in [0.29, 0.717) is 0 Å². The van der Waals surface area contributed by atoms with Crippen LogP contribution in [0.1, 0.15) is 52.1 Å². The van der Waals surface area contributed by atoms with E-state index in [1.807, 2.05) is 26.0 Å². The van der Waals surface area contributed by atoms with Crippen molar-refractivity contribution in [1.82, 2.24) is 25.6 Å². The molecule has 0 saturated carbocycles. The fourth-order valence-corrected chi connectivity index (χ4v) is 3.31.